The molecule has 26 heavy (non-hydrogen) atoms. The second-order valence-corrected chi connectivity index (χ2v) is 7.65. The van der Waals surface area contributed by atoms with Crippen molar-refractivity contribution in [2.24, 2.45) is 0 Å². The molecule has 0 saturated heterocycles. The summed E-state index contributed by atoms with van der Waals surface area (Å²) in [5.74, 6) is -0.841. The van der Waals surface area contributed by atoms with E-state index < -0.39 is 10.0 Å². The van der Waals surface area contributed by atoms with Gasteiger partial charge in [-0.05, 0) is 37.3 Å². The molecule has 3 N–H and O–H groups in total. The first-order valence-corrected chi connectivity index (χ1v) is 9.63. The van der Waals surface area contributed by atoms with Crippen LogP contribution in [-0.2, 0) is 14.8 Å². The molecule has 2 aromatic rings. The van der Waals surface area contributed by atoms with E-state index in [1.54, 1.807) is 30.3 Å². The predicted octanol–water partition coefficient (Wildman–Crippen LogP) is 2.13. The molecule has 0 heterocycles. The second-order valence-electron chi connectivity index (χ2n) is 5.80. The molecule has 0 aliphatic heterocycles. The number of aryl methyl sites for hydroxylation is 1. The first kappa shape index (κ1) is 19.5. The Bertz CT molecular complexity index is 893. The molecule has 7 nitrogen and oxygen atoms in total. The molecule has 2 amide bonds. The van der Waals surface area contributed by atoms with Gasteiger partial charge in [0.1, 0.15) is 0 Å². The smallest absolute Gasteiger partial charge is 0.251 e. The highest BCUT2D eigenvalue weighted by Crippen LogP contribution is 2.16. The van der Waals surface area contributed by atoms with Gasteiger partial charge in [-0.2, -0.15) is 0 Å². The Hall–Kier alpha value is -2.87. The highest BCUT2D eigenvalue weighted by molar-refractivity contribution is 7.92. The maximum atomic E-state index is 12.1. The Labute approximate surface area is 152 Å². The van der Waals surface area contributed by atoms with Gasteiger partial charge in [-0.15, -0.1) is 0 Å². The molecule has 0 radical (unpaired) electrons. The molecular formula is C18H21N3O4S. The molecule has 8 heteroatoms. The van der Waals surface area contributed by atoms with Crippen molar-refractivity contribution in [1.29, 1.82) is 0 Å². The standard InChI is InChI=1S/C18H21N3O4S/c1-13-6-8-15(9-7-13)18(23)19-10-11-26(24,25)21-17-5-3-4-16(12-17)20-14(2)22/h3-9,12,21H,10-11H2,1-2H3,(H,19,23)(H,20,22). The zero-order valence-electron chi connectivity index (χ0n) is 14.6. The Morgan fingerprint density at radius 3 is 2.31 bits per heavy atom. The first-order chi connectivity index (χ1) is 12.2. The van der Waals surface area contributed by atoms with Crippen LogP contribution in [0.1, 0.15) is 22.8 Å². The lowest BCUT2D eigenvalue weighted by Crippen LogP contribution is -2.31. The molecule has 0 spiro atoms. The molecule has 0 aliphatic rings. The quantitative estimate of drug-likeness (QED) is 0.689. The summed E-state index contributed by atoms with van der Waals surface area (Å²) in [4.78, 5) is 23.0. The number of anilines is 2. The normalized spacial score (nSPS) is 10.8. The van der Waals surface area contributed by atoms with Gasteiger partial charge < -0.3 is 10.6 Å². The minimum Gasteiger partial charge on any atom is -0.351 e. The van der Waals surface area contributed by atoms with E-state index in [0.29, 0.717) is 16.9 Å². The molecule has 2 rings (SSSR count). The monoisotopic (exact) mass is 375 g/mol. The van der Waals surface area contributed by atoms with Crippen LogP contribution in [0.15, 0.2) is 48.5 Å². The minimum absolute atomic E-state index is 0.0204. The van der Waals surface area contributed by atoms with Gasteiger partial charge in [0.2, 0.25) is 15.9 Å². The molecule has 0 saturated carbocycles. The summed E-state index contributed by atoms with van der Waals surface area (Å²) in [6, 6.07) is 13.4. The van der Waals surface area contributed by atoms with Crippen LogP contribution in [0, 0.1) is 6.92 Å². The topological polar surface area (TPSA) is 104 Å². The van der Waals surface area contributed by atoms with E-state index in [9.17, 15) is 18.0 Å². The third kappa shape index (κ3) is 6.21. The Balaban J connectivity index is 1.89. The number of carbonyl (C=O) groups excluding carboxylic acids is 2. The fraction of sp³-hybridized carbons (Fsp3) is 0.222. The Kier molecular flexibility index (Phi) is 6.35. The Morgan fingerprint density at radius 1 is 1.00 bits per heavy atom. The van der Waals surface area contributed by atoms with Crippen LogP contribution in [0.5, 0.6) is 0 Å². The van der Waals surface area contributed by atoms with E-state index in [0.717, 1.165) is 5.56 Å². The van der Waals surface area contributed by atoms with Crippen molar-refractivity contribution in [1.82, 2.24) is 5.32 Å². The van der Waals surface area contributed by atoms with Crippen molar-refractivity contribution in [3.05, 3.63) is 59.7 Å². The van der Waals surface area contributed by atoms with Gasteiger partial charge in [0.25, 0.3) is 5.91 Å². The van der Waals surface area contributed by atoms with E-state index in [-0.39, 0.29) is 24.1 Å². The van der Waals surface area contributed by atoms with Crippen molar-refractivity contribution >= 4 is 33.2 Å². The summed E-state index contributed by atoms with van der Waals surface area (Å²) in [5.41, 5.74) is 2.34. The molecule has 138 valence electrons. The summed E-state index contributed by atoms with van der Waals surface area (Å²) in [5, 5.41) is 5.16. The zero-order valence-corrected chi connectivity index (χ0v) is 15.4. The lowest BCUT2D eigenvalue weighted by Gasteiger charge is -2.10. The summed E-state index contributed by atoms with van der Waals surface area (Å²) >= 11 is 0. The molecule has 0 atom stereocenters. The van der Waals surface area contributed by atoms with Crippen molar-refractivity contribution in [2.45, 2.75) is 13.8 Å². The van der Waals surface area contributed by atoms with Gasteiger partial charge in [-0.3, -0.25) is 14.3 Å². The highest BCUT2D eigenvalue weighted by Gasteiger charge is 2.12. The van der Waals surface area contributed by atoms with Crippen molar-refractivity contribution < 1.29 is 18.0 Å². The number of rotatable bonds is 7. The predicted molar refractivity (Wildman–Crippen MR) is 102 cm³/mol. The lowest BCUT2D eigenvalue weighted by atomic mass is 10.1. The number of hydrogen-bond donors (Lipinski definition) is 3. The van der Waals surface area contributed by atoms with Gasteiger partial charge in [0.05, 0.1) is 11.4 Å². The van der Waals surface area contributed by atoms with Crippen LogP contribution >= 0.6 is 0 Å². The fourth-order valence-electron chi connectivity index (χ4n) is 2.20. The second kappa shape index (κ2) is 8.48. The summed E-state index contributed by atoms with van der Waals surface area (Å²) < 4.78 is 26.7. The molecule has 0 bridgehead atoms. The summed E-state index contributed by atoms with van der Waals surface area (Å²) in [7, 11) is -3.64. The van der Waals surface area contributed by atoms with Crippen LogP contribution in [0.25, 0.3) is 0 Å². The minimum atomic E-state index is -3.64. The molecule has 0 aromatic heterocycles. The number of sulfonamides is 1. The van der Waals surface area contributed by atoms with Gasteiger partial charge in [0.15, 0.2) is 0 Å². The maximum absolute atomic E-state index is 12.1. The van der Waals surface area contributed by atoms with Crippen molar-refractivity contribution in [2.75, 3.05) is 22.3 Å². The van der Waals surface area contributed by atoms with Crippen LogP contribution in [0.2, 0.25) is 0 Å². The number of nitrogens with one attached hydrogen (secondary N) is 3. The summed E-state index contributed by atoms with van der Waals surface area (Å²) in [6.07, 6.45) is 0. The van der Waals surface area contributed by atoms with E-state index >= 15 is 0 Å². The number of benzene rings is 2. The van der Waals surface area contributed by atoms with Crippen molar-refractivity contribution in [3.8, 4) is 0 Å². The van der Waals surface area contributed by atoms with Crippen LogP contribution in [0.3, 0.4) is 0 Å². The van der Waals surface area contributed by atoms with Gasteiger partial charge >= 0.3 is 0 Å². The third-order valence-electron chi connectivity index (χ3n) is 3.43. The van der Waals surface area contributed by atoms with E-state index in [1.807, 2.05) is 19.1 Å². The largest absolute Gasteiger partial charge is 0.351 e. The number of carbonyl (C=O) groups is 2. The first-order valence-electron chi connectivity index (χ1n) is 7.98. The highest BCUT2D eigenvalue weighted by atomic mass is 32.2. The number of hydrogen-bond acceptors (Lipinski definition) is 4. The lowest BCUT2D eigenvalue weighted by molar-refractivity contribution is -0.114. The van der Waals surface area contributed by atoms with E-state index in [4.69, 9.17) is 0 Å². The van der Waals surface area contributed by atoms with E-state index in [2.05, 4.69) is 15.4 Å². The Morgan fingerprint density at radius 2 is 1.65 bits per heavy atom. The SMILES string of the molecule is CC(=O)Nc1cccc(NS(=O)(=O)CCNC(=O)c2ccc(C)cc2)c1. The van der Waals surface area contributed by atoms with Crippen molar-refractivity contribution in [3.63, 3.8) is 0 Å². The molecule has 0 unspecified atom stereocenters. The third-order valence-corrected chi connectivity index (χ3v) is 4.71. The summed E-state index contributed by atoms with van der Waals surface area (Å²) in [6.45, 7) is 3.27. The van der Waals surface area contributed by atoms with Gasteiger partial charge in [-0.1, -0.05) is 23.8 Å². The fourth-order valence-corrected chi connectivity index (χ4v) is 3.16. The zero-order chi connectivity index (χ0) is 19.2. The average molecular weight is 375 g/mol. The van der Waals surface area contributed by atoms with Gasteiger partial charge in [0, 0.05) is 24.7 Å². The maximum Gasteiger partial charge on any atom is 0.251 e. The van der Waals surface area contributed by atoms with Gasteiger partial charge in [-0.25, -0.2) is 8.42 Å². The molecule has 0 fully saturated rings. The van der Waals surface area contributed by atoms with Crippen LogP contribution in [-0.4, -0.2) is 32.5 Å². The van der Waals surface area contributed by atoms with E-state index in [1.165, 1.54) is 13.0 Å². The number of amides is 2. The van der Waals surface area contributed by atoms with Crippen LogP contribution < -0.4 is 15.4 Å². The van der Waals surface area contributed by atoms with Crippen LogP contribution in [0.4, 0.5) is 11.4 Å². The molecule has 0 aliphatic carbocycles. The molecule has 2 aromatic carbocycles. The molecular weight excluding hydrogens is 354 g/mol. The average Bonchev–Trinajstić information content (AvgIpc) is 2.54.